The first-order valence-electron chi connectivity index (χ1n) is 7.44. The number of ether oxygens (including phenoxy) is 1. The van der Waals surface area contributed by atoms with Crippen LogP contribution in [-0.4, -0.2) is 15.4 Å². The Bertz CT molecular complexity index is 666. The van der Waals surface area contributed by atoms with Crippen molar-refractivity contribution in [2.75, 3.05) is 0 Å². The lowest BCUT2D eigenvalue weighted by atomic mass is 9.98. The van der Waals surface area contributed by atoms with Crippen molar-refractivity contribution in [3.8, 4) is 0 Å². The summed E-state index contributed by atoms with van der Waals surface area (Å²) in [5.41, 5.74) is 1.26. The van der Waals surface area contributed by atoms with E-state index in [-0.39, 0.29) is 11.2 Å². The Hall–Kier alpha value is -1.65. The fraction of sp³-hybridized carbons (Fsp3) is 0.263. The summed E-state index contributed by atoms with van der Waals surface area (Å²) < 4.78 is 6.40. The number of carbonyl (C=O) groups is 1. The molecule has 0 heterocycles. The van der Waals surface area contributed by atoms with Crippen LogP contribution in [0.3, 0.4) is 0 Å². The maximum absolute atomic E-state index is 12.4. The molecule has 2 aromatic rings. The first kappa shape index (κ1) is 17.7. The number of hydrogen-bond acceptors (Lipinski definition) is 4. The van der Waals surface area contributed by atoms with E-state index in [2.05, 4.69) is 0 Å². The van der Waals surface area contributed by atoms with Gasteiger partial charge in [-0.15, -0.1) is 0 Å². The van der Waals surface area contributed by atoms with E-state index in [9.17, 15) is 4.79 Å². The van der Waals surface area contributed by atoms with Crippen LogP contribution in [0.2, 0.25) is 0 Å². The van der Waals surface area contributed by atoms with E-state index in [1.54, 1.807) is 0 Å². The minimum absolute atomic E-state index is 0.262. The molecule has 0 aliphatic heterocycles. The Morgan fingerprint density at radius 1 is 1.04 bits per heavy atom. The van der Waals surface area contributed by atoms with Gasteiger partial charge in [0.1, 0.15) is 10.9 Å². The van der Waals surface area contributed by atoms with Crippen molar-refractivity contribution in [3.05, 3.63) is 71.8 Å². The zero-order valence-electron chi connectivity index (χ0n) is 13.5. The first-order valence-corrected chi connectivity index (χ1v) is 8.73. The molecule has 0 bridgehead atoms. The Kier molecular flexibility index (Phi) is 5.97. The molecule has 0 fully saturated rings. The van der Waals surface area contributed by atoms with Gasteiger partial charge in [-0.25, -0.2) is 0 Å². The van der Waals surface area contributed by atoms with Crippen molar-refractivity contribution in [3.63, 3.8) is 0 Å². The summed E-state index contributed by atoms with van der Waals surface area (Å²) in [5, 5.41) is -0.356. The Morgan fingerprint density at radius 3 is 2.13 bits per heavy atom. The third-order valence-corrected chi connectivity index (χ3v) is 4.97. The molecule has 0 radical (unpaired) electrons. The Morgan fingerprint density at radius 2 is 1.57 bits per heavy atom. The lowest BCUT2D eigenvalue weighted by molar-refractivity contribution is -0.156. The second-order valence-corrected chi connectivity index (χ2v) is 7.73. The van der Waals surface area contributed by atoms with E-state index in [1.165, 1.54) is 11.8 Å². The molecule has 2 aromatic carbocycles. The highest BCUT2D eigenvalue weighted by Crippen LogP contribution is 2.27. The van der Waals surface area contributed by atoms with Gasteiger partial charge in [0.05, 0.1) is 4.20 Å². The topological polar surface area (TPSA) is 26.3 Å². The average molecular weight is 345 g/mol. The van der Waals surface area contributed by atoms with E-state index in [0.29, 0.717) is 4.20 Å². The molecule has 2 nitrogen and oxygen atoms in total. The molecule has 0 aromatic heterocycles. The minimum Gasteiger partial charge on any atom is -0.454 e. The number of thiocarbonyl (C=S) groups is 1. The van der Waals surface area contributed by atoms with E-state index in [0.717, 1.165) is 11.1 Å². The molecule has 120 valence electrons. The second-order valence-electron chi connectivity index (χ2n) is 5.71. The van der Waals surface area contributed by atoms with Crippen molar-refractivity contribution < 1.29 is 9.53 Å². The van der Waals surface area contributed by atoms with Gasteiger partial charge in [-0.1, -0.05) is 84.6 Å². The quantitative estimate of drug-likeness (QED) is 0.565. The molecule has 2 rings (SSSR count). The molecule has 0 saturated heterocycles. The van der Waals surface area contributed by atoms with Gasteiger partial charge in [0.25, 0.3) is 0 Å². The summed E-state index contributed by atoms with van der Waals surface area (Å²) >= 11 is 6.76. The van der Waals surface area contributed by atoms with Crippen LogP contribution in [0.25, 0.3) is 0 Å². The van der Waals surface area contributed by atoms with Gasteiger partial charge < -0.3 is 4.74 Å². The van der Waals surface area contributed by atoms with Crippen LogP contribution in [0.5, 0.6) is 0 Å². The summed E-state index contributed by atoms with van der Waals surface area (Å²) in [7, 11) is 0. The highest BCUT2D eigenvalue weighted by Gasteiger charge is 2.28. The van der Waals surface area contributed by atoms with Crippen LogP contribution in [0.4, 0.5) is 0 Å². The summed E-state index contributed by atoms with van der Waals surface area (Å²) in [6, 6.07) is 19.4. The zero-order chi connectivity index (χ0) is 16.9. The number of esters is 1. The van der Waals surface area contributed by atoms with Crippen molar-refractivity contribution >= 4 is 34.1 Å². The maximum atomic E-state index is 12.4. The highest BCUT2D eigenvalue weighted by molar-refractivity contribution is 8.24. The van der Waals surface area contributed by atoms with Gasteiger partial charge in [-0.2, -0.15) is 0 Å². The van der Waals surface area contributed by atoms with E-state index >= 15 is 0 Å². The third-order valence-electron chi connectivity index (χ3n) is 3.45. The van der Waals surface area contributed by atoms with E-state index < -0.39 is 5.60 Å². The average Bonchev–Trinajstić information content (AvgIpc) is 2.56. The molecule has 1 atom stereocenters. The highest BCUT2D eigenvalue weighted by atomic mass is 32.2. The molecule has 0 aliphatic rings. The second kappa shape index (κ2) is 7.75. The van der Waals surface area contributed by atoms with Crippen LogP contribution >= 0.6 is 24.0 Å². The van der Waals surface area contributed by atoms with Crippen LogP contribution in [0.15, 0.2) is 60.7 Å². The molecule has 1 unspecified atom stereocenters. The fourth-order valence-corrected chi connectivity index (χ4v) is 3.39. The van der Waals surface area contributed by atoms with E-state index in [1.807, 2.05) is 81.4 Å². The monoisotopic (exact) mass is 344 g/mol. The third kappa shape index (κ3) is 4.91. The number of rotatable bonds is 5. The Balaban J connectivity index is 1.99. The standard InChI is InChI=1S/C19H20O2S2/c1-14(23-18(22)15-10-6-4-7-11-15)17(20)21-19(2,3)16-12-8-5-9-13-16/h4-14H,1-3H3. The van der Waals surface area contributed by atoms with Crippen LogP contribution in [0, 0.1) is 0 Å². The number of hydrogen-bond donors (Lipinski definition) is 0. The fourth-order valence-electron chi connectivity index (χ4n) is 2.08. The molecule has 0 saturated carbocycles. The van der Waals surface area contributed by atoms with Crippen LogP contribution < -0.4 is 0 Å². The van der Waals surface area contributed by atoms with E-state index in [4.69, 9.17) is 17.0 Å². The minimum atomic E-state index is -0.665. The van der Waals surface area contributed by atoms with Crippen LogP contribution in [0.1, 0.15) is 31.9 Å². The zero-order valence-corrected chi connectivity index (χ0v) is 15.1. The molecule has 0 N–H and O–H groups in total. The predicted octanol–water partition coefficient (Wildman–Crippen LogP) is 4.96. The van der Waals surface area contributed by atoms with Crippen LogP contribution in [-0.2, 0) is 15.1 Å². The molecule has 23 heavy (non-hydrogen) atoms. The normalized spacial score (nSPS) is 12.5. The number of thioether (sulfide) groups is 1. The lowest BCUT2D eigenvalue weighted by Gasteiger charge is -2.27. The smallest absolute Gasteiger partial charge is 0.320 e. The Labute approximate surface area is 147 Å². The van der Waals surface area contributed by atoms with Gasteiger partial charge in [-0.05, 0) is 31.9 Å². The number of benzene rings is 2. The number of carbonyl (C=O) groups excluding carboxylic acids is 1. The largest absolute Gasteiger partial charge is 0.454 e. The molecule has 0 amide bonds. The molecule has 0 aliphatic carbocycles. The summed E-state index contributed by atoms with van der Waals surface area (Å²) in [6.07, 6.45) is 0. The van der Waals surface area contributed by atoms with Gasteiger partial charge in [0, 0.05) is 0 Å². The molecular weight excluding hydrogens is 324 g/mol. The van der Waals surface area contributed by atoms with Crippen molar-refractivity contribution in [2.45, 2.75) is 31.6 Å². The SMILES string of the molecule is CC(SC(=S)c1ccccc1)C(=O)OC(C)(C)c1ccccc1. The van der Waals surface area contributed by atoms with Crippen molar-refractivity contribution in [1.29, 1.82) is 0 Å². The predicted molar refractivity (Wildman–Crippen MR) is 101 cm³/mol. The summed E-state index contributed by atoms with van der Waals surface area (Å²) in [4.78, 5) is 12.4. The maximum Gasteiger partial charge on any atom is 0.320 e. The summed E-state index contributed by atoms with van der Waals surface area (Å²) in [6.45, 7) is 5.61. The van der Waals surface area contributed by atoms with Crippen molar-refractivity contribution in [2.24, 2.45) is 0 Å². The van der Waals surface area contributed by atoms with Gasteiger partial charge in [0.15, 0.2) is 0 Å². The molecular formula is C19H20O2S2. The lowest BCUT2D eigenvalue weighted by Crippen LogP contribution is -2.30. The summed E-state index contributed by atoms with van der Waals surface area (Å²) in [5.74, 6) is -0.262. The molecule has 4 heteroatoms. The van der Waals surface area contributed by atoms with Gasteiger partial charge in [0.2, 0.25) is 0 Å². The van der Waals surface area contributed by atoms with Crippen molar-refractivity contribution in [1.82, 2.24) is 0 Å². The van der Waals surface area contributed by atoms with Gasteiger partial charge in [-0.3, -0.25) is 4.79 Å². The van der Waals surface area contributed by atoms with Gasteiger partial charge >= 0.3 is 5.97 Å². The first-order chi connectivity index (χ1) is 10.9. The molecule has 0 spiro atoms.